The molecule has 194 valence electrons. The number of allylic oxidation sites excluding steroid dienone is 4. The first-order valence-electron chi connectivity index (χ1n) is 14.3. The predicted molar refractivity (Wildman–Crippen MR) is 144 cm³/mol. The van der Waals surface area contributed by atoms with Crippen molar-refractivity contribution in [3.63, 3.8) is 0 Å². The van der Waals surface area contributed by atoms with Crippen LogP contribution in [0.25, 0.3) is 0 Å². The monoisotopic (exact) mass is 482 g/mol. The molecule has 0 heterocycles. The van der Waals surface area contributed by atoms with E-state index in [-0.39, 0.29) is 17.7 Å². The summed E-state index contributed by atoms with van der Waals surface area (Å²) in [6.45, 7) is 6.51. The van der Waals surface area contributed by atoms with Crippen molar-refractivity contribution in [2.75, 3.05) is 0 Å². The maximum absolute atomic E-state index is 14.8. The van der Waals surface area contributed by atoms with Gasteiger partial charge in [0, 0.05) is 6.07 Å². The third-order valence-corrected chi connectivity index (χ3v) is 8.10. The van der Waals surface area contributed by atoms with Gasteiger partial charge in [-0.25, -0.2) is 4.39 Å². The van der Waals surface area contributed by atoms with E-state index in [0.717, 1.165) is 62.3 Å². The fraction of sp³-hybridized carbons (Fsp3) is 0.656. The Balaban J connectivity index is 1.40. The molecule has 1 saturated carbocycles. The van der Waals surface area contributed by atoms with E-state index in [1.54, 1.807) is 6.07 Å². The fourth-order valence-corrected chi connectivity index (χ4v) is 5.72. The van der Waals surface area contributed by atoms with Crippen molar-refractivity contribution in [3.05, 3.63) is 52.9 Å². The molecule has 3 rings (SSSR count). The molecule has 1 unspecified atom stereocenters. The Kier molecular flexibility index (Phi) is 11.6. The third kappa shape index (κ3) is 9.58. The van der Waals surface area contributed by atoms with Crippen molar-refractivity contribution in [2.45, 2.75) is 117 Å². The summed E-state index contributed by atoms with van der Waals surface area (Å²) in [7, 11) is 0. The molecular weight excluding hydrogens is 435 g/mol. The van der Waals surface area contributed by atoms with Gasteiger partial charge in [-0.1, -0.05) is 87.7 Å². The van der Waals surface area contributed by atoms with Crippen LogP contribution in [0.4, 0.5) is 4.39 Å². The zero-order valence-electron chi connectivity index (χ0n) is 22.4. The van der Waals surface area contributed by atoms with Gasteiger partial charge < -0.3 is 4.74 Å². The van der Waals surface area contributed by atoms with Gasteiger partial charge in [-0.15, -0.1) is 0 Å². The highest BCUT2D eigenvalue weighted by molar-refractivity contribution is 5.75. The highest BCUT2D eigenvalue weighted by Gasteiger charge is 2.24. The Morgan fingerprint density at radius 1 is 1.03 bits per heavy atom. The molecule has 1 aromatic carbocycles. The standard InChI is InChI=1S/C32H47FO2/c1-4-5-6-9-25-11-13-27(14-12-25)15-18-28-21-22-30(23-31(28)33)35-32(34)29-19-16-26(17-20-29)10-7-8-24(2)3/h8,16,21-23,25,27,29H,4-7,9-15,17-20H2,1-3H3. The summed E-state index contributed by atoms with van der Waals surface area (Å²) in [6, 6.07) is 4.99. The minimum absolute atomic E-state index is 0.123. The molecule has 2 aliphatic carbocycles. The second kappa shape index (κ2) is 14.6. The smallest absolute Gasteiger partial charge is 0.314 e. The first-order valence-corrected chi connectivity index (χ1v) is 14.3. The van der Waals surface area contributed by atoms with Gasteiger partial charge in [0.05, 0.1) is 5.92 Å². The van der Waals surface area contributed by atoms with Crippen LogP contribution >= 0.6 is 0 Å². The van der Waals surface area contributed by atoms with Gasteiger partial charge in [-0.3, -0.25) is 4.79 Å². The summed E-state index contributed by atoms with van der Waals surface area (Å²) in [5.41, 5.74) is 3.53. The Hall–Kier alpha value is -1.90. The number of hydrogen-bond acceptors (Lipinski definition) is 2. The molecule has 0 bridgehead atoms. The second-order valence-corrected chi connectivity index (χ2v) is 11.2. The Bertz CT molecular complexity index is 856. The van der Waals surface area contributed by atoms with Crippen molar-refractivity contribution in [1.82, 2.24) is 0 Å². The van der Waals surface area contributed by atoms with Crippen LogP contribution in [-0.2, 0) is 11.2 Å². The van der Waals surface area contributed by atoms with Crippen LogP contribution in [0.15, 0.2) is 41.5 Å². The van der Waals surface area contributed by atoms with E-state index in [4.69, 9.17) is 4.74 Å². The van der Waals surface area contributed by atoms with Crippen LogP contribution in [-0.4, -0.2) is 5.97 Å². The number of carbonyl (C=O) groups excluding carboxylic acids is 1. The maximum atomic E-state index is 14.8. The molecule has 2 aliphatic rings. The normalized spacial score (nSPS) is 22.4. The minimum Gasteiger partial charge on any atom is -0.426 e. The number of benzene rings is 1. The molecule has 0 aliphatic heterocycles. The molecule has 0 spiro atoms. The molecule has 1 fully saturated rings. The lowest BCUT2D eigenvalue weighted by molar-refractivity contribution is -0.139. The molecule has 0 N–H and O–H groups in total. The van der Waals surface area contributed by atoms with Gasteiger partial charge in [-0.2, -0.15) is 0 Å². The van der Waals surface area contributed by atoms with E-state index in [1.807, 2.05) is 6.07 Å². The van der Waals surface area contributed by atoms with E-state index in [1.165, 1.54) is 68.6 Å². The van der Waals surface area contributed by atoms with Crippen LogP contribution in [0.3, 0.4) is 0 Å². The average molecular weight is 483 g/mol. The highest BCUT2D eigenvalue weighted by Crippen LogP contribution is 2.35. The molecule has 0 amide bonds. The lowest BCUT2D eigenvalue weighted by atomic mass is 9.78. The summed E-state index contributed by atoms with van der Waals surface area (Å²) in [6.07, 6.45) is 21.6. The van der Waals surface area contributed by atoms with Crippen LogP contribution in [0.2, 0.25) is 0 Å². The largest absolute Gasteiger partial charge is 0.426 e. The number of rotatable bonds is 12. The summed E-state index contributed by atoms with van der Waals surface area (Å²) in [4.78, 5) is 12.6. The average Bonchev–Trinajstić information content (AvgIpc) is 2.85. The van der Waals surface area contributed by atoms with Gasteiger partial charge >= 0.3 is 5.97 Å². The fourth-order valence-electron chi connectivity index (χ4n) is 5.72. The third-order valence-electron chi connectivity index (χ3n) is 8.10. The minimum atomic E-state index is -0.242. The van der Waals surface area contributed by atoms with E-state index >= 15 is 0 Å². The molecule has 2 nitrogen and oxygen atoms in total. The van der Waals surface area contributed by atoms with Crippen LogP contribution in [0, 0.1) is 23.6 Å². The molecule has 1 aromatic rings. The maximum Gasteiger partial charge on any atom is 0.314 e. The molecule has 0 aromatic heterocycles. The number of unbranched alkanes of at least 4 members (excludes halogenated alkanes) is 2. The lowest BCUT2D eigenvalue weighted by Crippen LogP contribution is -2.22. The number of halogens is 1. The predicted octanol–water partition coefficient (Wildman–Crippen LogP) is 9.52. The van der Waals surface area contributed by atoms with Crippen molar-refractivity contribution in [1.29, 1.82) is 0 Å². The van der Waals surface area contributed by atoms with Crippen molar-refractivity contribution < 1.29 is 13.9 Å². The molecule has 0 saturated heterocycles. The van der Waals surface area contributed by atoms with Gasteiger partial charge in [0.1, 0.15) is 11.6 Å². The van der Waals surface area contributed by atoms with E-state index in [0.29, 0.717) is 5.75 Å². The number of carbonyl (C=O) groups is 1. The van der Waals surface area contributed by atoms with E-state index in [2.05, 4.69) is 32.9 Å². The molecule has 35 heavy (non-hydrogen) atoms. The molecular formula is C32H47FO2. The van der Waals surface area contributed by atoms with Crippen LogP contribution in [0.5, 0.6) is 5.75 Å². The number of aryl methyl sites for hydroxylation is 1. The van der Waals surface area contributed by atoms with Gasteiger partial charge in [0.25, 0.3) is 0 Å². The molecule has 1 atom stereocenters. The van der Waals surface area contributed by atoms with Crippen LogP contribution < -0.4 is 4.74 Å². The van der Waals surface area contributed by atoms with Gasteiger partial charge in [0.15, 0.2) is 0 Å². The Morgan fingerprint density at radius 2 is 1.77 bits per heavy atom. The number of ether oxygens (including phenoxy) is 1. The number of hydrogen-bond donors (Lipinski definition) is 0. The quantitative estimate of drug-likeness (QED) is 0.128. The lowest BCUT2D eigenvalue weighted by Gasteiger charge is -2.28. The van der Waals surface area contributed by atoms with Gasteiger partial charge in [-0.05, 0) is 82.3 Å². The van der Waals surface area contributed by atoms with Crippen molar-refractivity contribution in [3.8, 4) is 5.75 Å². The summed E-state index contributed by atoms with van der Waals surface area (Å²) in [5.74, 6) is 1.38. The van der Waals surface area contributed by atoms with E-state index < -0.39 is 0 Å². The molecule has 0 radical (unpaired) electrons. The Labute approximate surface area is 213 Å². The molecule has 3 heteroatoms. The summed E-state index contributed by atoms with van der Waals surface area (Å²) in [5, 5.41) is 0. The van der Waals surface area contributed by atoms with E-state index in [9.17, 15) is 9.18 Å². The summed E-state index contributed by atoms with van der Waals surface area (Å²) >= 11 is 0. The van der Waals surface area contributed by atoms with Gasteiger partial charge in [0.2, 0.25) is 0 Å². The van der Waals surface area contributed by atoms with Crippen LogP contribution in [0.1, 0.15) is 116 Å². The van der Waals surface area contributed by atoms with Crippen molar-refractivity contribution in [2.24, 2.45) is 17.8 Å². The zero-order valence-corrected chi connectivity index (χ0v) is 22.4. The summed E-state index contributed by atoms with van der Waals surface area (Å²) < 4.78 is 20.3. The Morgan fingerprint density at radius 3 is 2.40 bits per heavy atom. The first-order chi connectivity index (χ1) is 16.9. The first kappa shape index (κ1) is 27.7. The van der Waals surface area contributed by atoms with Crippen molar-refractivity contribution >= 4 is 5.97 Å². The SMILES string of the molecule is CCCCCC1CCC(CCc2ccc(OC(=O)C3CC=C(CCC=C(C)C)CC3)cc2F)CC1. The second-order valence-electron chi connectivity index (χ2n) is 11.2. The zero-order chi connectivity index (χ0) is 25.0. The number of esters is 1. The topological polar surface area (TPSA) is 26.3 Å². The highest BCUT2D eigenvalue weighted by atomic mass is 19.1.